The number of aliphatic hydroxyl groups excluding tert-OH is 1. The molecule has 1 amide bonds. The standard InChI is InChI=1S/C16H18FNO3/c1-8-9-5-4-6-10(17)14(9)21-13(8)15(20)18-11-7-12(19)16(11,2)3/h4-6,11-12,19H,7H2,1-3H3,(H,18,20). The van der Waals surface area contributed by atoms with Crippen LogP contribution < -0.4 is 5.32 Å². The molecule has 0 bridgehead atoms. The third kappa shape index (κ3) is 2.03. The first-order valence-corrected chi connectivity index (χ1v) is 6.99. The van der Waals surface area contributed by atoms with Gasteiger partial charge in [-0.05, 0) is 19.4 Å². The second kappa shape index (κ2) is 4.56. The minimum absolute atomic E-state index is 0.105. The summed E-state index contributed by atoms with van der Waals surface area (Å²) in [6.07, 6.45) is 0.101. The van der Waals surface area contributed by atoms with Crippen LogP contribution in [-0.2, 0) is 0 Å². The van der Waals surface area contributed by atoms with E-state index in [1.54, 1.807) is 19.1 Å². The van der Waals surface area contributed by atoms with E-state index >= 15 is 0 Å². The lowest BCUT2D eigenvalue weighted by Crippen LogP contribution is -2.61. The third-order valence-corrected chi connectivity index (χ3v) is 4.64. The van der Waals surface area contributed by atoms with Gasteiger partial charge in [0.25, 0.3) is 5.91 Å². The first-order valence-electron chi connectivity index (χ1n) is 6.99. The Kier molecular flexibility index (Phi) is 3.06. The predicted octanol–water partition coefficient (Wildman–Crippen LogP) is 2.77. The first-order chi connectivity index (χ1) is 9.82. The smallest absolute Gasteiger partial charge is 0.287 e. The summed E-state index contributed by atoms with van der Waals surface area (Å²) in [5.74, 6) is -0.714. The number of furan rings is 1. The van der Waals surface area contributed by atoms with Crippen molar-refractivity contribution in [3.8, 4) is 0 Å². The van der Waals surface area contributed by atoms with Crippen molar-refractivity contribution in [3.05, 3.63) is 35.3 Å². The summed E-state index contributed by atoms with van der Waals surface area (Å²) in [6, 6.07) is 4.51. The third-order valence-electron chi connectivity index (χ3n) is 4.64. The summed E-state index contributed by atoms with van der Waals surface area (Å²) < 4.78 is 19.1. The number of para-hydroxylation sites is 1. The summed E-state index contributed by atoms with van der Waals surface area (Å²) >= 11 is 0. The Balaban J connectivity index is 1.89. The number of hydrogen-bond donors (Lipinski definition) is 2. The lowest BCUT2D eigenvalue weighted by atomic mass is 9.64. The maximum atomic E-state index is 13.7. The number of hydrogen-bond acceptors (Lipinski definition) is 3. The van der Waals surface area contributed by atoms with Gasteiger partial charge in [0, 0.05) is 22.4 Å². The molecule has 1 fully saturated rings. The van der Waals surface area contributed by atoms with Crippen molar-refractivity contribution in [2.75, 3.05) is 0 Å². The zero-order chi connectivity index (χ0) is 15.4. The van der Waals surface area contributed by atoms with Gasteiger partial charge in [-0.2, -0.15) is 0 Å². The largest absolute Gasteiger partial charge is 0.448 e. The van der Waals surface area contributed by atoms with E-state index in [4.69, 9.17) is 4.42 Å². The minimum Gasteiger partial charge on any atom is -0.448 e. The van der Waals surface area contributed by atoms with Crippen molar-refractivity contribution in [2.24, 2.45) is 5.41 Å². The van der Waals surface area contributed by atoms with Crippen LogP contribution in [0.4, 0.5) is 4.39 Å². The van der Waals surface area contributed by atoms with Crippen molar-refractivity contribution in [1.29, 1.82) is 0 Å². The van der Waals surface area contributed by atoms with E-state index in [0.29, 0.717) is 17.4 Å². The van der Waals surface area contributed by atoms with Crippen LogP contribution in [0.25, 0.3) is 11.0 Å². The Hall–Kier alpha value is -1.88. The van der Waals surface area contributed by atoms with E-state index in [1.807, 2.05) is 13.8 Å². The van der Waals surface area contributed by atoms with E-state index in [2.05, 4.69) is 5.32 Å². The molecule has 0 radical (unpaired) electrons. The zero-order valence-corrected chi connectivity index (χ0v) is 12.2. The van der Waals surface area contributed by atoms with Gasteiger partial charge in [-0.15, -0.1) is 0 Å². The molecular formula is C16H18FNO3. The highest BCUT2D eigenvalue weighted by Crippen LogP contribution is 2.40. The molecule has 1 aromatic carbocycles. The molecule has 5 heteroatoms. The van der Waals surface area contributed by atoms with Crippen LogP contribution in [0.3, 0.4) is 0 Å². The van der Waals surface area contributed by atoms with Crippen molar-refractivity contribution >= 4 is 16.9 Å². The highest BCUT2D eigenvalue weighted by molar-refractivity contribution is 5.99. The van der Waals surface area contributed by atoms with Crippen LogP contribution in [0.1, 0.15) is 36.4 Å². The Morgan fingerprint density at radius 2 is 2.19 bits per heavy atom. The van der Waals surface area contributed by atoms with Crippen molar-refractivity contribution in [1.82, 2.24) is 5.32 Å². The van der Waals surface area contributed by atoms with Gasteiger partial charge in [-0.1, -0.05) is 26.0 Å². The van der Waals surface area contributed by atoms with E-state index < -0.39 is 11.9 Å². The number of amides is 1. The van der Waals surface area contributed by atoms with Crippen LogP contribution in [0.2, 0.25) is 0 Å². The molecule has 1 aliphatic rings. The van der Waals surface area contributed by atoms with Crippen LogP contribution in [0.5, 0.6) is 0 Å². The monoisotopic (exact) mass is 291 g/mol. The fourth-order valence-electron chi connectivity index (χ4n) is 2.80. The highest BCUT2D eigenvalue weighted by Gasteiger charge is 2.48. The van der Waals surface area contributed by atoms with Gasteiger partial charge in [0.05, 0.1) is 6.10 Å². The SMILES string of the molecule is Cc1c(C(=O)NC2CC(O)C2(C)C)oc2c(F)cccc12. The molecule has 3 rings (SSSR count). The number of rotatable bonds is 2. The summed E-state index contributed by atoms with van der Waals surface area (Å²) in [4.78, 5) is 12.3. The molecule has 2 aromatic rings. The summed E-state index contributed by atoms with van der Waals surface area (Å²) in [6.45, 7) is 5.54. The highest BCUT2D eigenvalue weighted by atomic mass is 19.1. The average Bonchev–Trinajstić information content (AvgIpc) is 2.78. The number of aryl methyl sites for hydroxylation is 1. The molecule has 112 valence electrons. The average molecular weight is 291 g/mol. The van der Waals surface area contributed by atoms with Gasteiger partial charge in [0.15, 0.2) is 17.2 Å². The number of aliphatic hydroxyl groups is 1. The topological polar surface area (TPSA) is 62.5 Å². The Labute approximate surface area is 121 Å². The van der Waals surface area contributed by atoms with Gasteiger partial charge < -0.3 is 14.8 Å². The fraction of sp³-hybridized carbons (Fsp3) is 0.438. The molecule has 1 aliphatic carbocycles. The normalized spacial score (nSPS) is 23.9. The molecule has 2 N–H and O–H groups in total. The predicted molar refractivity (Wildman–Crippen MR) is 76.6 cm³/mol. The molecule has 4 nitrogen and oxygen atoms in total. The van der Waals surface area contributed by atoms with Gasteiger partial charge in [-0.3, -0.25) is 4.79 Å². The van der Waals surface area contributed by atoms with Crippen LogP contribution in [0, 0.1) is 18.2 Å². The second-order valence-corrected chi connectivity index (χ2v) is 6.27. The Morgan fingerprint density at radius 1 is 1.48 bits per heavy atom. The van der Waals surface area contributed by atoms with Crippen LogP contribution in [0.15, 0.2) is 22.6 Å². The molecule has 1 aromatic heterocycles. The first kappa shape index (κ1) is 14.1. The van der Waals surface area contributed by atoms with Crippen molar-refractivity contribution in [2.45, 2.75) is 39.3 Å². The lowest BCUT2D eigenvalue weighted by molar-refractivity contribution is -0.0691. The molecule has 0 spiro atoms. The Morgan fingerprint density at radius 3 is 2.76 bits per heavy atom. The molecule has 21 heavy (non-hydrogen) atoms. The second-order valence-electron chi connectivity index (χ2n) is 6.27. The quantitative estimate of drug-likeness (QED) is 0.894. The van der Waals surface area contributed by atoms with E-state index in [1.165, 1.54) is 6.07 Å². The van der Waals surface area contributed by atoms with Gasteiger partial charge in [0.2, 0.25) is 0 Å². The van der Waals surface area contributed by atoms with E-state index in [-0.39, 0.29) is 28.7 Å². The number of carbonyl (C=O) groups is 1. The maximum Gasteiger partial charge on any atom is 0.287 e. The fourth-order valence-corrected chi connectivity index (χ4v) is 2.80. The molecule has 1 saturated carbocycles. The summed E-state index contributed by atoms with van der Waals surface area (Å²) in [5.41, 5.74) is 0.369. The van der Waals surface area contributed by atoms with Crippen molar-refractivity contribution in [3.63, 3.8) is 0 Å². The minimum atomic E-state index is -0.478. The number of benzene rings is 1. The lowest BCUT2D eigenvalue weighted by Gasteiger charge is -2.49. The van der Waals surface area contributed by atoms with E-state index in [9.17, 15) is 14.3 Å². The molecule has 2 unspecified atom stereocenters. The van der Waals surface area contributed by atoms with Gasteiger partial charge in [0.1, 0.15) is 0 Å². The number of halogens is 1. The maximum absolute atomic E-state index is 13.7. The molecule has 0 aliphatic heterocycles. The van der Waals surface area contributed by atoms with Crippen molar-refractivity contribution < 1.29 is 18.7 Å². The van der Waals surface area contributed by atoms with Crippen LogP contribution >= 0.6 is 0 Å². The molecule has 0 saturated heterocycles. The van der Waals surface area contributed by atoms with Gasteiger partial charge >= 0.3 is 0 Å². The molecular weight excluding hydrogens is 273 g/mol. The zero-order valence-electron chi connectivity index (χ0n) is 12.2. The number of fused-ring (bicyclic) bond motifs is 1. The number of carbonyl (C=O) groups excluding carboxylic acids is 1. The number of nitrogens with one attached hydrogen (secondary N) is 1. The molecule has 2 atom stereocenters. The molecule has 1 heterocycles. The summed E-state index contributed by atoms with van der Waals surface area (Å²) in [7, 11) is 0. The van der Waals surface area contributed by atoms with Crippen LogP contribution in [-0.4, -0.2) is 23.2 Å². The van der Waals surface area contributed by atoms with Gasteiger partial charge in [-0.25, -0.2) is 4.39 Å². The summed E-state index contributed by atoms with van der Waals surface area (Å²) in [5, 5.41) is 13.2. The Bertz CT molecular complexity index is 720. The van der Waals surface area contributed by atoms with E-state index in [0.717, 1.165) is 0 Å².